The van der Waals surface area contributed by atoms with E-state index in [4.69, 9.17) is 11.5 Å². The van der Waals surface area contributed by atoms with Gasteiger partial charge in [0, 0.05) is 50.2 Å². The molecule has 3 saturated heterocycles. The Balaban J connectivity index is -0.000000520. The molecule has 0 aromatic heterocycles. The fourth-order valence-corrected chi connectivity index (χ4v) is 5.23. The molecule has 3 aliphatic rings. The molecular weight excluding hydrogens is 594 g/mol. The molecule has 10 heteroatoms. The summed E-state index contributed by atoms with van der Waals surface area (Å²) in [6, 6.07) is 0. The molecule has 7 N–H and O–H groups in total. The van der Waals surface area contributed by atoms with Crippen molar-refractivity contribution in [3.63, 3.8) is 0 Å². The second kappa shape index (κ2) is 25.4. The fourth-order valence-electron chi connectivity index (χ4n) is 5.23. The monoisotopic (exact) mass is 670 g/mol. The number of amides is 5. The van der Waals surface area contributed by atoms with Gasteiger partial charge in [-0.25, -0.2) is 0 Å². The van der Waals surface area contributed by atoms with Gasteiger partial charge in [-0.1, -0.05) is 90.0 Å². The lowest BCUT2D eigenvalue weighted by Crippen LogP contribution is -2.22. The molecule has 10 nitrogen and oxygen atoms in total. The van der Waals surface area contributed by atoms with Gasteiger partial charge < -0.3 is 27.4 Å². The van der Waals surface area contributed by atoms with Crippen LogP contribution < -0.4 is 27.4 Å². The van der Waals surface area contributed by atoms with Crippen LogP contribution in [0, 0.1) is 34.0 Å². The van der Waals surface area contributed by atoms with Crippen molar-refractivity contribution in [2.24, 2.45) is 45.5 Å². The van der Waals surface area contributed by atoms with Crippen molar-refractivity contribution < 1.29 is 24.0 Å². The van der Waals surface area contributed by atoms with E-state index in [1.54, 1.807) is 0 Å². The van der Waals surface area contributed by atoms with Gasteiger partial charge in [-0.2, -0.15) is 0 Å². The minimum Gasteiger partial charge on any atom is -0.370 e. The quantitative estimate of drug-likeness (QED) is 0.215. The van der Waals surface area contributed by atoms with E-state index in [0.717, 1.165) is 71.0 Å². The molecule has 3 rings (SSSR count). The average Bonchev–Trinajstić information content (AvgIpc) is 3.61. The molecule has 0 aromatic carbocycles. The molecule has 2 unspecified atom stereocenters. The van der Waals surface area contributed by atoms with E-state index in [-0.39, 0.29) is 63.5 Å². The zero-order valence-corrected chi connectivity index (χ0v) is 32.6. The summed E-state index contributed by atoms with van der Waals surface area (Å²) in [5.74, 6) is 1.15. The first-order chi connectivity index (χ1) is 21.5. The zero-order chi connectivity index (χ0) is 37.4. The molecule has 3 fully saturated rings. The minimum atomic E-state index is -0.211. The van der Waals surface area contributed by atoms with Crippen LogP contribution in [0.5, 0.6) is 0 Å². The molecule has 0 bridgehead atoms. The molecule has 5 amide bonds. The number of primary amides is 2. The van der Waals surface area contributed by atoms with E-state index in [1.165, 1.54) is 0 Å². The summed E-state index contributed by atoms with van der Waals surface area (Å²) in [4.78, 5) is 53.1. The lowest BCUT2D eigenvalue weighted by Gasteiger charge is -2.20. The highest BCUT2D eigenvalue weighted by Gasteiger charge is 2.30. The third kappa shape index (κ3) is 31.7. The van der Waals surface area contributed by atoms with E-state index in [2.05, 4.69) is 78.3 Å². The van der Waals surface area contributed by atoms with Gasteiger partial charge in [-0.05, 0) is 67.6 Å². The standard InChI is InChI=1S/3C9H17NO.2C4H9NO.C2H6/c3*1-9(2,3)6-7-4-5-10-8(7)11;2*1-2-3-4(5)6;1-2/h3*7H,4-6H2,1-3H3,(H,10,11);2*2-3H2,1H3,(H2,5,6);1-2H3/t7-;;;;;/m0...../s1. The first-order valence-electron chi connectivity index (χ1n) is 17.9. The Morgan fingerprint density at radius 3 is 0.851 bits per heavy atom. The van der Waals surface area contributed by atoms with Crippen LogP contribution in [0.1, 0.15) is 154 Å². The number of carbonyl (C=O) groups excluding carboxylic acids is 5. The summed E-state index contributed by atoms with van der Waals surface area (Å²) in [6.45, 7) is 30.1. The van der Waals surface area contributed by atoms with E-state index in [9.17, 15) is 24.0 Å². The van der Waals surface area contributed by atoms with Crippen LogP contribution in [0.25, 0.3) is 0 Å². The van der Waals surface area contributed by atoms with Gasteiger partial charge in [0.15, 0.2) is 0 Å². The SMILES string of the molecule is CC.CC(C)(C)CC1CCNC1=O.CC(C)(C)CC1CCNC1=O.CC(C)(C)C[C@@H]1CCNC1=O.CCCC(N)=O.CCCC(N)=O. The smallest absolute Gasteiger partial charge is 0.223 e. The maximum absolute atomic E-state index is 11.1. The molecule has 0 aliphatic carbocycles. The molecule has 278 valence electrons. The second-order valence-electron chi connectivity index (χ2n) is 16.1. The summed E-state index contributed by atoms with van der Waals surface area (Å²) < 4.78 is 0. The number of nitrogens with two attached hydrogens (primary N) is 2. The van der Waals surface area contributed by atoms with Crippen molar-refractivity contribution in [2.45, 2.75) is 154 Å². The number of nitrogens with one attached hydrogen (secondary N) is 3. The number of hydrogen-bond donors (Lipinski definition) is 5. The molecule has 0 aromatic rings. The fraction of sp³-hybridized carbons (Fsp3) is 0.865. The average molecular weight is 670 g/mol. The zero-order valence-electron chi connectivity index (χ0n) is 32.6. The Bertz CT molecular complexity index is 794. The maximum atomic E-state index is 11.1. The maximum Gasteiger partial charge on any atom is 0.223 e. The van der Waals surface area contributed by atoms with Crippen LogP contribution in [0.15, 0.2) is 0 Å². The summed E-state index contributed by atoms with van der Waals surface area (Å²) in [5.41, 5.74) is 10.4. The van der Waals surface area contributed by atoms with E-state index >= 15 is 0 Å². The third-order valence-electron chi connectivity index (χ3n) is 7.06. The summed E-state index contributed by atoms with van der Waals surface area (Å²) in [7, 11) is 0. The van der Waals surface area contributed by atoms with Crippen molar-refractivity contribution >= 4 is 29.5 Å². The molecule has 0 saturated carbocycles. The predicted molar refractivity (Wildman–Crippen MR) is 195 cm³/mol. The van der Waals surface area contributed by atoms with Crippen LogP contribution in [-0.4, -0.2) is 49.2 Å². The van der Waals surface area contributed by atoms with Crippen molar-refractivity contribution in [3.05, 3.63) is 0 Å². The van der Waals surface area contributed by atoms with Gasteiger partial charge in [-0.15, -0.1) is 0 Å². The Kier molecular flexibility index (Phi) is 26.3. The molecular formula is C37H75N5O5. The highest BCUT2D eigenvalue weighted by atomic mass is 16.2. The molecule has 0 radical (unpaired) electrons. The van der Waals surface area contributed by atoms with Crippen LogP contribution in [-0.2, 0) is 24.0 Å². The van der Waals surface area contributed by atoms with Crippen molar-refractivity contribution in [3.8, 4) is 0 Å². The highest BCUT2D eigenvalue weighted by molar-refractivity contribution is 5.81. The number of rotatable bonds is 7. The first-order valence-corrected chi connectivity index (χ1v) is 17.9. The van der Waals surface area contributed by atoms with Gasteiger partial charge in [0.1, 0.15) is 0 Å². The first kappa shape index (κ1) is 48.7. The van der Waals surface area contributed by atoms with Crippen molar-refractivity contribution in [1.82, 2.24) is 16.0 Å². The van der Waals surface area contributed by atoms with E-state index in [1.807, 2.05) is 27.7 Å². The van der Waals surface area contributed by atoms with Crippen LogP contribution in [0.3, 0.4) is 0 Å². The summed E-state index contributed by atoms with van der Waals surface area (Å²) in [5, 5.41) is 8.56. The summed E-state index contributed by atoms with van der Waals surface area (Å²) >= 11 is 0. The number of hydrogen-bond acceptors (Lipinski definition) is 5. The number of carbonyl (C=O) groups is 5. The lowest BCUT2D eigenvalue weighted by molar-refractivity contribution is -0.123. The van der Waals surface area contributed by atoms with Crippen LogP contribution in [0.4, 0.5) is 0 Å². The Hall–Kier alpha value is -2.65. The Morgan fingerprint density at radius 2 is 0.766 bits per heavy atom. The molecule has 47 heavy (non-hydrogen) atoms. The lowest BCUT2D eigenvalue weighted by atomic mass is 9.84. The molecule has 3 atom stereocenters. The second-order valence-corrected chi connectivity index (χ2v) is 16.1. The van der Waals surface area contributed by atoms with Crippen LogP contribution in [0.2, 0.25) is 0 Å². The van der Waals surface area contributed by atoms with Gasteiger partial charge in [0.25, 0.3) is 0 Å². The predicted octanol–water partition coefficient (Wildman–Crippen LogP) is 6.25. The highest BCUT2D eigenvalue weighted by Crippen LogP contribution is 2.29. The molecule has 3 heterocycles. The normalized spacial score (nSPS) is 20.0. The van der Waals surface area contributed by atoms with Crippen molar-refractivity contribution in [2.75, 3.05) is 19.6 Å². The minimum absolute atomic E-state index is 0.211. The van der Waals surface area contributed by atoms with Gasteiger partial charge >= 0.3 is 0 Å². The van der Waals surface area contributed by atoms with Crippen molar-refractivity contribution in [1.29, 1.82) is 0 Å². The molecule has 0 spiro atoms. The van der Waals surface area contributed by atoms with E-state index in [0.29, 0.717) is 12.8 Å². The van der Waals surface area contributed by atoms with Crippen LogP contribution >= 0.6 is 0 Å². The van der Waals surface area contributed by atoms with Gasteiger partial charge in [0.05, 0.1) is 0 Å². The van der Waals surface area contributed by atoms with E-state index < -0.39 is 0 Å². The third-order valence-corrected chi connectivity index (χ3v) is 7.06. The largest absolute Gasteiger partial charge is 0.370 e. The van der Waals surface area contributed by atoms with Gasteiger partial charge in [0.2, 0.25) is 29.5 Å². The van der Waals surface area contributed by atoms with Gasteiger partial charge in [-0.3, -0.25) is 24.0 Å². The Labute approximate surface area is 288 Å². The molecule has 3 aliphatic heterocycles. The summed E-state index contributed by atoms with van der Waals surface area (Å²) in [6.07, 6.45) is 8.85. The Morgan fingerprint density at radius 1 is 0.553 bits per heavy atom. The topological polar surface area (TPSA) is 173 Å².